The zero-order valence-corrected chi connectivity index (χ0v) is 16.9. The van der Waals surface area contributed by atoms with Crippen molar-refractivity contribution >= 4 is 21.7 Å². The minimum Gasteiger partial charge on any atom is -0.488 e. The Hall–Kier alpha value is -2.87. The van der Waals surface area contributed by atoms with Crippen LogP contribution in [0.25, 0.3) is 0 Å². The number of sulfone groups is 1. The van der Waals surface area contributed by atoms with E-state index in [1.807, 2.05) is 31.2 Å². The summed E-state index contributed by atoms with van der Waals surface area (Å²) in [6, 6.07) is 14.1. The van der Waals surface area contributed by atoms with Crippen LogP contribution in [0.4, 0.5) is 0 Å². The summed E-state index contributed by atoms with van der Waals surface area (Å²) in [5.41, 5.74) is 2.30. The fourth-order valence-corrected chi connectivity index (χ4v) is 4.78. The van der Waals surface area contributed by atoms with Gasteiger partial charge in [0.05, 0.1) is 11.5 Å². The molecule has 1 fully saturated rings. The lowest BCUT2D eigenvalue weighted by atomic mass is 10.1. The summed E-state index contributed by atoms with van der Waals surface area (Å²) in [6.07, 6.45) is 0.373. The first-order chi connectivity index (χ1) is 13.8. The average molecular weight is 417 g/mol. The molecule has 7 nitrogen and oxygen atoms in total. The molecular formula is C21H23NO6S. The minimum atomic E-state index is -3.09. The van der Waals surface area contributed by atoms with Gasteiger partial charge in [0.15, 0.2) is 16.4 Å². The van der Waals surface area contributed by atoms with E-state index in [-0.39, 0.29) is 17.1 Å². The number of carbonyl (C=O) groups is 2. The summed E-state index contributed by atoms with van der Waals surface area (Å²) in [7, 11) is -3.09. The van der Waals surface area contributed by atoms with Crippen molar-refractivity contribution in [1.82, 2.24) is 5.32 Å². The molecule has 1 atom stereocenters. The van der Waals surface area contributed by atoms with Gasteiger partial charge >= 0.3 is 5.97 Å². The second-order valence-corrected chi connectivity index (χ2v) is 9.25. The predicted octanol–water partition coefficient (Wildman–Crippen LogP) is 2.03. The summed E-state index contributed by atoms with van der Waals surface area (Å²) >= 11 is 0. The van der Waals surface area contributed by atoms with Gasteiger partial charge in [-0.2, -0.15) is 0 Å². The zero-order valence-electron chi connectivity index (χ0n) is 16.1. The predicted molar refractivity (Wildman–Crippen MR) is 107 cm³/mol. The monoisotopic (exact) mass is 417 g/mol. The van der Waals surface area contributed by atoms with E-state index >= 15 is 0 Å². The van der Waals surface area contributed by atoms with Crippen LogP contribution in [-0.4, -0.2) is 44.4 Å². The highest BCUT2D eigenvalue weighted by atomic mass is 32.2. The topological polar surface area (TPSA) is 98.8 Å². The van der Waals surface area contributed by atoms with Crippen molar-refractivity contribution in [2.75, 3.05) is 18.1 Å². The number of para-hydroxylation sites is 1. The molecule has 1 N–H and O–H groups in total. The standard InChI is InChI=1S/C21H23NO6S/c1-15-5-4-6-16(11-15)12-27-19-8-3-2-7-18(19)21(24)28-13-20(23)22-17-9-10-29(25,26)14-17/h2-8,11,17H,9-10,12-14H2,1H3,(H,22,23)/t17-/m0/s1. The molecule has 1 aliphatic heterocycles. The molecular weight excluding hydrogens is 394 g/mol. The van der Waals surface area contributed by atoms with Gasteiger partial charge in [0.25, 0.3) is 5.91 Å². The summed E-state index contributed by atoms with van der Waals surface area (Å²) in [4.78, 5) is 24.4. The third-order valence-electron chi connectivity index (χ3n) is 4.52. The normalized spacial score (nSPS) is 17.5. The highest BCUT2D eigenvalue weighted by molar-refractivity contribution is 7.91. The van der Waals surface area contributed by atoms with Crippen molar-refractivity contribution in [1.29, 1.82) is 0 Å². The number of esters is 1. The van der Waals surface area contributed by atoms with Crippen LogP contribution in [0.3, 0.4) is 0 Å². The maximum absolute atomic E-state index is 12.4. The van der Waals surface area contributed by atoms with Gasteiger partial charge in [0.1, 0.15) is 17.9 Å². The van der Waals surface area contributed by atoms with E-state index in [1.54, 1.807) is 24.3 Å². The Morgan fingerprint density at radius 1 is 1.14 bits per heavy atom. The summed E-state index contributed by atoms with van der Waals surface area (Å²) in [5, 5.41) is 2.58. The molecule has 0 saturated carbocycles. The molecule has 154 valence electrons. The molecule has 0 aromatic heterocycles. The van der Waals surface area contributed by atoms with E-state index in [2.05, 4.69) is 5.32 Å². The fraction of sp³-hybridized carbons (Fsp3) is 0.333. The zero-order chi connectivity index (χ0) is 20.9. The number of nitrogens with one attached hydrogen (secondary N) is 1. The van der Waals surface area contributed by atoms with Crippen molar-refractivity contribution in [2.45, 2.75) is 26.0 Å². The number of rotatable bonds is 7. The Kier molecular flexibility index (Phi) is 6.53. The lowest BCUT2D eigenvalue weighted by Gasteiger charge is -2.13. The molecule has 8 heteroatoms. The number of hydrogen-bond donors (Lipinski definition) is 1. The Morgan fingerprint density at radius 2 is 1.93 bits per heavy atom. The van der Waals surface area contributed by atoms with Gasteiger partial charge in [-0.25, -0.2) is 13.2 Å². The van der Waals surface area contributed by atoms with E-state index in [4.69, 9.17) is 9.47 Å². The molecule has 1 aliphatic rings. The lowest BCUT2D eigenvalue weighted by molar-refractivity contribution is -0.124. The van der Waals surface area contributed by atoms with Crippen LogP contribution in [0.1, 0.15) is 27.9 Å². The third kappa shape index (κ3) is 6.05. The maximum atomic E-state index is 12.4. The van der Waals surface area contributed by atoms with Crippen molar-refractivity contribution in [3.05, 3.63) is 65.2 Å². The summed E-state index contributed by atoms with van der Waals surface area (Å²) in [5.74, 6) is -0.870. The van der Waals surface area contributed by atoms with E-state index in [1.165, 1.54) is 0 Å². The van der Waals surface area contributed by atoms with Gasteiger partial charge in [0, 0.05) is 6.04 Å². The average Bonchev–Trinajstić information content (AvgIpc) is 3.03. The molecule has 2 aromatic rings. The molecule has 0 radical (unpaired) electrons. The highest BCUT2D eigenvalue weighted by Gasteiger charge is 2.29. The Morgan fingerprint density at radius 3 is 2.66 bits per heavy atom. The fourth-order valence-electron chi connectivity index (χ4n) is 3.11. The first-order valence-corrected chi connectivity index (χ1v) is 11.1. The molecule has 1 saturated heterocycles. The second-order valence-electron chi connectivity index (χ2n) is 7.02. The highest BCUT2D eigenvalue weighted by Crippen LogP contribution is 2.20. The number of hydrogen-bond acceptors (Lipinski definition) is 6. The molecule has 3 rings (SSSR count). The van der Waals surface area contributed by atoms with Gasteiger partial charge in [-0.3, -0.25) is 4.79 Å². The summed E-state index contributed by atoms with van der Waals surface area (Å²) < 4.78 is 33.7. The Balaban J connectivity index is 1.54. The first-order valence-electron chi connectivity index (χ1n) is 9.27. The van der Waals surface area contributed by atoms with Crippen LogP contribution in [0, 0.1) is 6.92 Å². The van der Waals surface area contributed by atoms with Crippen LogP contribution in [0.5, 0.6) is 5.75 Å². The number of benzene rings is 2. The SMILES string of the molecule is Cc1cccc(COc2ccccc2C(=O)OCC(=O)N[C@H]2CCS(=O)(=O)C2)c1. The summed E-state index contributed by atoms with van der Waals surface area (Å²) in [6.45, 7) is 1.80. The largest absolute Gasteiger partial charge is 0.488 e. The van der Waals surface area contributed by atoms with E-state index < -0.39 is 34.4 Å². The van der Waals surface area contributed by atoms with Crippen LogP contribution in [0.2, 0.25) is 0 Å². The molecule has 0 aliphatic carbocycles. The van der Waals surface area contributed by atoms with Gasteiger partial charge in [-0.05, 0) is 31.0 Å². The Labute approximate surface area is 169 Å². The van der Waals surface area contributed by atoms with Crippen LogP contribution >= 0.6 is 0 Å². The lowest BCUT2D eigenvalue weighted by Crippen LogP contribution is -2.38. The first kappa shape index (κ1) is 20.9. The van der Waals surface area contributed by atoms with Crippen LogP contribution in [-0.2, 0) is 26.0 Å². The molecule has 29 heavy (non-hydrogen) atoms. The van der Waals surface area contributed by atoms with Gasteiger partial charge < -0.3 is 14.8 Å². The molecule has 0 spiro atoms. The molecule has 2 aromatic carbocycles. The number of amides is 1. The smallest absolute Gasteiger partial charge is 0.342 e. The number of carbonyl (C=O) groups excluding carboxylic acids is 2. The van der Waals surface area contributed by atoms with E-state index in [0.717, 1.165) is 11.1 Å². The van der Waals surface area contributed by atoms with E-state index in [9.17, 15) is 18.0 Å². The van der Waals surface area contributed by atoms with Crippen molar-refractivity contribution in [3.63, 3.8) is 0 Å². The molecule has 1 heterocycles. The van der Waals surface area contributed by atoms with Crippen molar-refractivity contribution in [3.8, 4) is 5.75 Å². The van der Waals surface area contributed by atoms with E-state index in [0.29, 0.717) is 18.8 Å². The molecule has 0 unspecified atom stereocenters. The van der Waals surface area contributed by atoms with Gasteiger partial charge in [-0.15, -0.1) is 0 Å². The van der Waals surface area contributed by atoms with Gasteiger partial charge in [-0.1, -0.05) is 42.0 Å². The minimum absolute atomic E-state index is 0.0589. The van der Waals surface area contributed by atoms with Crippen molar-refractivity contribution in [2.24, 2.45) is 0 Å². The quantitative estimate of drug-likeness (QED) is 0.692. The molecule has 1 amide bonds. The third-order valence-corrected chi connectivity index (χ3v) is 6.28. The molecule has 0 bridgehead atoms. The van der Waals surface area contributed by atoms with Crippen LogP contribution < -0.4 is 10.1 Å². The number of ether oxygens (including phenoxy) is 2. The van der Waals surface area contributed by atoms with Crippen molar-refractivity contribution < 1.29 is 27.5 Å². The van der Waals surface area contributed by atoms with Gasteiger partial charge in [0.2, 0.25) is 0 Å². The van der Waals surface area contributed by atoms with Crippen LogP contribution in [0.15, 0.2) is 48.5 Å². The second kappa shape index (κ2) is 9.09. The number of aryl methyl sites for hydroxylation is 1. The maximum Gasteiger partial charge on any atom is 0.342 e. The Bertz CT molecular complexity index is 1000.